The molecule has 0 spiro atoms. The molecule has 1 aliphatic heterocycles. The number of sulfonamides is 1. The lowest BCUT2D eigenvalue weighted by atomic mass is 10.3. The lowest BCUT2D eigenvalue weighted by Gasteiger charge is -2.17. The van der Waals surface area contributed by atoms with E-state index in [1.54, 1.807) is 12.3 Å². The van der Waals surface area contributed by atoms with Crippen LogP contribution in [-0.2, 0) is 17.1 Å². The van der Waals surface area contributed by atoms with Crippen LogP contribution in [0.15, 0.2) is 55.1 Å². The molecule has 0 saturated carbocycles. The van der Waals surface area contributed by atoms with Crippen LogP contribution in [0.1, 0.15) is 6.42 Å². The van der Waals surface area contributed by atoms with Gasteiger partial charge in [0.2, 0.25) is 15.9 Å². The van der Waals surface area contributed by atoms with Crippen molar-refractivity contribution in [3.8, 4) is 5.88 Å². The van der Waals surface area contributed by atoms with E-state index in [-0.39, 0.29) is 17.5 Å². The molecule has 0 aliphatic carbocycles. The Morgan fingerprint density at radius 1 is 1.30 bits per heavy atom. The van der Waals surface area contributed by atoms with Crippen LogP contribution >= 0.6 is 15.9 Å². The summed E-state index contributed by atoms with van der Waals surface area (Å²) < 4.78 is 40.3. The molecule has 0 bridgehead atoms. The van der Waals surface area contributed by atoms with Crippen molar-refractivity contribution in [3.05, 3.63) is 51.6 Å². The molecule has 3 heterocycles. The Bertz CT molecular complexity index is 1150. The fraction of sp³-hybridized carbons (Fsp3) is 0.294. The van der Waals surface area contributed by atoms with Crippen molar-refractivity contribution in [1.29, 1.82) is 0 Å². The van der Waals surface area contributed by atoms with Crippen LogP contribution in [0.25, 0.3) is 11.1 Å². The quantitative estimate of drug-likeness (QED) is 0.600. The first-order chi connectivity index (χ1) is 12.8. The van der Waals surface area contributed by atoms with E-state index in [2.05, 4.69) is 20.9 Å². The minimum Gasteiger partial charge on any atom is -0.473 e. The molecule has 0 N–H and O–H groups in total. The molecule has 1 atom stereocenters. The standard InChI is InChI=1S/C17H16BrN3O5S/c1-20-14-8-13(3-4-15(14)26-17(20)22)27(23,24)21-7-6-12(10-21)25-16-5-2-11(18)9-19-16/h2-5,8-9,12H,6-7,10H2,1H3. The van der Waals surface area contributed by atoms with E-state index < -0.39 is 15.8 Å². The van der Waals surface area contributed by atoms with Gasteiger partial charge in [0.1, 0.15) is 6.10 Å². The van der Waals surface area contributed by atoms with Crippen molar-refractivity contribution in [2.45, 2.75) is 17.4 Å². The molecule has 4 rings (SSSR count). The number of aryl methyl sites for hydroxylation is 1. The Morgan fingerprint density at radius 2 is 2.11 bits per heavy atom. The first-order valence-corrected chi connectivity index (χ1v) is 10.5. The first kappa shape index (κ1) is 18.2. The molecule has 2 aromatic heterocycles. The normalized spacial score (nSPS) is 18.2. The molecule has 3 aromatic rings. The van der Waals surface area contributed by atoms with Gasteiger partial charge < -0.3 is 9.15 Å². The van der Waals surface area contributed by atoms with Crippen molar-refractivity contribution >= 4 is 37.1 Å². The van der Waals surface area contributed by atoms with Crippen molar-refractivity contribution in [1.82, 2.24) is 13.9 Å². The van der Waals surface area contributed by atoms with Gasteiger partial charge in [-0.2, -0.15) is 4.31 Å². The number of oxazole rings is 1. The maximum absolute atomic E-state index is 13.0. The number of hydrogen-bond acceptors (Lipinski definition) is 6. The van der Waals surface area contributed by atoms with E-state index in [9.17, 15) is 13.2 Å². The van der Waals surface area contributed by atoms with Gasteiger partial charge in [0.05, 0.1) is 17.0 Å². The zero-order chi connectivity index (χ0) is 19.2. The molecule has 142 valence electrons. The van der Waals surface area contributed by atoms with Crippen molar-refractivity contribution in [3.63, 3.8) is 0 Å². The third kappa shape index (κ3) is 3.40. The molecule has 1 unspecified atom stereocenters. The summed E-state index contributed by atoms with van der Waals surface area (Å²) in [7, 11) is -2.16. The number of rotatable bonds is 4. The Hall–Kier alpha value is -2.17. The summed E-state index contributed by atoms with van der Waals surface area (Å²) in [4.78, 5) is 15.9. The molecule has 27 heavy (non-hydrogen) atoms. The molecule has 1 aliphatic rings. The average Bonchev–Trinajstić information content (AvgIpc) is 3.22. The summed E-state index contributed by atoms with van der Waals surface area (Å²) in [5.41, 5.74) is 0.789. The highest BCUT2D eigenvalue weighted by atomic mass is 79.9. The number of fused-ring (bicyclic) bond motifs is 1. The lowest BCUT2D eigenvalue weighted by Crippen LogP contribution is -2.31. The maximum Gasteiger partial charge on any atom is 0.419 e. The van der Waals surface area contributed by atoms with E-state index in [1.807, 2.05) is 6.07 Å². The zero-order valence-corrected chi connectivity index (χ0v) is 16.7. The Kier molecular flexibility index (Phi) is 4.57. The van der Waals surface area contributed by atoms with E-state index in [4.69, 9.17) is 9.15 Å². The Balaban J connectivity index is 1.55. The fourth-order valence-corrected chi connectivity index (χ4v) is 4.77. The summed E-state index contributed by atoms with van der Waals surface area (Å²) in [6, 6.07) is 7.95. The van der Waals surface area contributed by atoms with Gasteiger partial charge in [-0.3, -0.25) is 4.57 Å². The second kappa shape index (κ2) is 6.77. The highest BCUT2D eigenvalue weighted by Crippen LogP contribution is 2.26. The fourth-order valence-electron chi connectivity index (χ4n) is 3.03. The minimum absolute atomic E-state index is 0.119. The van der Waals surface area contributed by atoms with Crippen LogP contribution in [0.5, 0.6) is 5.88 Å². The monoisotopic (exact) mass is 453 g/mol. The van der Waals surface area contributed by atoms with Gasteiger partial charge in [-0.1, -0.05) is 0 Å². The molecule has 10 heteroatoms. The van der Waals surface area contributed by atoms with Crippen molar-refractivity contribution in [2.75, 3.05) is 13.1 Å². The van der Waals surface area contributed by atoms with Crippen LogP contribution in [0.2, 0.25) is 0 Å². The molecular weight excluding hydrogens is 438 g/mol. The number of pyridine rings is 1. The molecule has 0 amide bonds. The highest BCUT2D eigenvalue weighted by molar-refractivity contribution is 9.10. The van der Waals surface area contributed by atoms with Gasteiger partial charge in [0.25, 0.3) is 0 Å². The van der Waals surface area contributed by atoms with Gasteiger partial charge in [0, 0.05) is 30.3 Å². The SMILES string of the molecule is Cn1c(=O)oc2ccc(S(=O)(=O)N3CCC(Oc4ccc(Br)cn4)C3)cc21. The van der Waals surface area contributed by atoms with Crippen LogP contribution in [0, 0.1) is 0 Å². The van der Waals surface area contributed by atoms with E-state index in [0.717, 1.165) is 4.47 Å². The predicted molar refractivity (Wildman–Crippen MR) is 101 cm³/mol. The van der Waals surface area contributed by atoms with E-state index in [0.29, 0.717) is 29.9 Å². The largest absolute Gasteiger partial charge is 0.473 e. The van der Waals surface area contributed by atoms with Gasteiger partial charge in [-0.25, -0.2) is 18.2 Å². The number of aromatic nitrogens is 2. The number of halogens is 1. The average molecular weight is 454 g/mol. The van der Waals surface area contributed by atoms with Gasteiger partial charge >= 0.3 is 5.76 Å². The predicted octanol–water partition coefficient (Wildman–Crippen LogP) is 2.13. The summed E-state index contributed by atoms with van der Waals surface area (Å²) in [6.07, 6.45) is 1.93. The maximum atomic E-state index is 13.0. The summed E-state index contributed by atoms with van der Waals surface area (Å²) >= 11 is 3.31. The lowest BCUT2D eigenvalue weighted by molar-refractivity contribution is 0.207. The molecule has 1 fully saturated rings. The first-order valence-electron chi connectivity index (χ1n) is 8.22. The number of ether oxygens (including phenoxy) is 1. The topological polar surface area (TPSA) is 94.6 Å². The molecule has 1 saturated heterocycles. The molecule has 1 aromatic carbocycles. The van der Waals surface area contributed by atoms with Crippen LogP contribution in [-0.4, -0.2) is 41.5 Å². The van der Waals surface area contributed by atoms with Crippen molar-refractivity contribution < 1.29 is 17.6 Å². The third-order valence-corrected chi connectivity index (χ3v) is 6.83. The highest BCUT2D eigenvalue weighted by Gasteiger charge is 2.34. The smallest absolute Gasteiger partial charge is 0.419 e. The van der Waals surface area contributed by atoms with E-state index in [1.165, 1.54) is 34.1 Å². The second-order valence-electron chi connectivity index (χ2n) is 6.26. The van der Waals surface area contributed by atoms with Crippen LogP contribution in [0.3, 0.4) is 0 Å². The van der Waals surface area contributed by atoms with Crippen LogP contribution < -0.4 is 10.5 Å². The van der Waals surface area contributed by atoms with Gasteiger partial charge in [0.15, 0.2) is 5.58 Å². The van der Waals surface area contributed by atoms with Crippen molar-refractivity contribution in [2.24, 2.45) is 7.05 Å². The molecular formula is C17H16BrN3O5S. The summed E-state index contributed by atoms with van der Waals surface area (Å²) in [5.74, 6) is -0.0755. The second-order valence-corrected chi connectivity index (χ2v) is 9.12. The number of nitrogens with zero attached hydrogens (tertiary/aromatic N) is 3. The Labute approximate surface area is 163 Å². The number of benzene rings is 1. The molecule has 0 radical (unpaired) electrons. The van der Waals surface area contributed by atoms with Crippen LogP contribution in [0.4, 0.5) is 0 Å². The minimum atomic E-state index is -3.70. The Morgan fingerprint density at radius 3 is 2.85 bits per heavy atom. The zero-order valence-electron chi connectivity index (χ0n) is 14.3. The third-order valence-electron chi connectivity index (χ3n) is 4.50. The van der Waals surface area contributed by atoms with Gasteiger partial charge in [-0.15, -0.1) is 0 Å². The summed E-state index contributed by atoms with van der Waals surface area (Å²) in [5, 5.41) is 0. The number of hydrogen-bond donors (Lipinski definition) is 0. The van der Waals surface area contributed by atoms with Gasteiger partial charge in [-0.05, 0) is 46.6 Å². The molecule has 8 nitrogen and oxygen atoms in total. The summed E-state index contributed by atoms with van der Waals surface area (Å²) in [6.45, 7) is 0.592. The van der Waals surface area contributed by atoms with E-state index >= 15 is 0 Å².